The number of cyclic esters (lactones) is 1. The SMILES string of the molecule is O=C1OC(C(F)(F)F)(C(F)(F)F)SC1Cc1csc(-c2ccc(F)cc2)n1. The van der Waals surface area contributed by atoms with Crippen LogP contribution in [0.4, 0.5) is 30.7 Å². The average molecular weight is 431 g/mol. The number of alkyl halides is 6. The maximum atomic E-state index is 13.0. The number of hydrogen-bond donors (Lipinski definition) is 0. The van der Waals surface area contributed by atoms with E-state index in [0.29, 0.717) is 10.6 Å². The molecule has 2 heterocycles. The Morgan fingerprint density at radius 3 is 2.19 bits per heavy atom. The Morgan fingerprint density at radius 2 is 1.67 bits per heavy atom. The number of carbonyl (C=O) groups excluding carboxylic acids is 1. The lowest BCUT2D eigenvalue weighted by Crippen LogP contribution is -2.54. The van der Waals surface area contributed by atoms with Crippen LogP contribution in [0.3, 0.4) is 0 Å². The summed E-state index contributed by atoms with van der Waals surface area (Å²) in [5.74, 6) is -2.08. The second-order valence-corrected chi connectivity index (χ2v) is 7.73. The molecular weight excluding hydrogens is 423 g/mol. The zero-order valence-electron chi connectivity index (χ0n) is 12.9. The van der Waals surface area contributed by atoms with Crippen molar-refractivity contribution in [2.24, 2.45) is 0 Å². The third kappa shape index (κ3) is 3.64. The van der Waals surface area contributed by atoms with Gasteiger partial charge in [0.2, 0.25) is 0 Å². The first kappa shape index (κ1) is 19.9. The van der Waals surface area contributed by atoms with Gasteiger partial charge >= 0.3 is 23.3 Å². The van der Waals surface area contributed by atoms with Crippen LogP contribution in [0.1, 0.15) is 5.69 Å². The van der Waals surface area contributed by atoms with E-state index in [1.807, 2.05) is 0 Å². The number of esters is 1. The summed E-state index contributed by atoms with van der Waals surface area (Å²) in [5, 5.41) is 0.0870. The molecular formula is C15H8F7NO2S2. The van der Waals surface area contributed by atoms with Gasteiger partial charge in [-0.3, -0.25) is 4.79 Å². The molecule has 12 heteroatoms. The highest BCUT2D eigenvalue weighted by molar-refractivity contribution is 8.02. The third-order valence-electron chi connectivity index (χ3n) is 3.60. The second-order valence-electron chi connectivity index (χ2n) is 5.49. The van der Waals surface area contributed by atoms with E-state index >= 15 is 0 Å². The van der Waals surface area contributed by atoms with Crippen molar-refractivity contribution in [2.45, 2.75) is 29.0 Å². The molecule has 1 fully saturated rings. The summed E-state index contributed by atoms with van der Waals surface area (Å²) in [4.78, 5) is 11.2. The number of rotatable bonds is 3. The summed E-state index contributed by atoms with van der Waals surface area (Å²) in [6, 6.07) is 5.22. The van der Waals surface area contributed by atoms with Gasteiger partial charge in [-0.1, -0.05) is 11.8 Å². The molecule has 1 unspecified atom stereocenters. The average Bonchev–Trinajstić information content (AvgIpc) is 3.13. The highest BCUT2D eigenvalue weighted by Gasteiger charge is 2.78. The quantitative estimate of drug-likeness (QED) is 0.508. The lowest BCUT2D eigenvalue weighted by molar-refractivity contribution is -0.327. The zero-order chi connectivity index (χ0) is 20.0. The molecule has 1 saturated heterocycles. The zero-order valence-corrected chi connectivity index (χ0v) is 14.5. The van der Waals surface area contributed by atoms with Gasteiger partial charge in [-0.25, -0.2) is 9.37 Å². The second kappa shape index (κ2) is 6.66. The van der Waals surface area contributed by atoms with Gasteiger partial charge in [-0.2, -0.15) is 26.3 Å². The van der Waals surface area contributed by atoms with Gasteiger partial charge in [0.05, 0.1) is 5.69 Å². The van der Waals surface area contributed by atoms with E-state index in [2.05, 4.69) is 9.72 Å². The van der Waals surface area contributed by atoms with Crippen LogP contribution in [0.15, 0.2) is 29.6 Å². The van der Waals surface area contributed by atoms with E-state index in [-0.39, 0.29) is 5.69 Å². The van der Waals surface area contributed by atoms with Crippen LogP contribution < -0.4 is 0 Å². The number of halogens is 7. The van der Waals surface area contributed by atoms with Gasteiger partial charge in [0.25, 0.3) is 0 Å². The molecule has 27 heavy (non-hydrogen) atoms. The van der Waals surface area contributed by atoms with Gasteiger partial charge in [0.1, 0.15) is 16.1 Å². The van der Waals surface area contributed by atoms with Crippen LogP contribution in [-0.2, 0) is 16.0 Å². The number of thioether (sulfide) groups is 1. The Balaban J connectivity index is 1.81. The van der Waals surface area contributed by atoms with Crippen molar-refractivity contribution in [1.29, 1.82) is 0 Å². The van der Waals surface area contributed by atoms with Crippen molar-refractivity contribution in [1.82, 2.24) is 4.98 Å². The Morgan fingerprint density at radius 1 is 1.07 bits per heavy atom. The number of nitrogens with zero attached hydrogens (tertiary/aromatic N) is 1. The molecule has 3 rings (SSSR count). The Kier molecular flexibility index (Phi) is 4.91. The van der Waals surface area contributed by atoms with Gasteiger partial charge in [0, 0.05) is 17.4 Å². The summed E-state index contributed by atoms with van der Waals surface area (Å²) in [6.45, 7) is 0. The fourth-order valence-corrected chi connectivity index (χ4v) is 4.37. The molecule has 0 spiro atoms. The maximum absolute atomic E-state index is 13.0. The lowest BCUT2D eigenvalue weighted by Gasteiger charge is -2.30. The van der Waals surface area contributed by atoms with E-state index in [0.717, 1.165) is 11.3 Å². The predicted molar refractivity (Wildman–Crippen MR) is 83.5 cm³/mol. The van der Waals surface area contributed by atoms with Crippen molar-refractivity contribution in [3.8, 4) is 10.6 Å². The Labute approximate surface area is 155 Å². The van der Waals surface area contributed by atoms with Crippen molar-refractivity contribution in [3.05, 3.63) is 41.2 Å². The van der Waals surface area contributed by atoms with E-state index < -0.39 is 52.5 Å². The first-order valence-electron chi connectivity index (χ1n) is 7.17. The van der Waals surface area contributed by atoms with E-state index in [1.165, 1.54) is 29.6 Å². The van der Waals surface area contributed by atoms with Crippen LogP contribution >= 0.6 is 23.1 Å². The molecule has 0 bridgehead atoms. The fourth-order valence-electron chi connectivity index (χ4n) is 2.33. The van der Waals surface area contributed by atoms with Crippen molar-refractivity contribution in [2.75, 3.05) is 0 Å². The Hall–Kier alpha value is -1.82. The minimum Gasteiger partial charge on any atom is -0.428 e. The molecule has 1 aromatic heterocycles. The molecule has 1 aliphatic rings. The molecule has 1 aromatic carbocycles. The van der Waals surface area contributed by atoms with Gasteiger partial charge < -0.3 is 4.74 Å². The lowest BCUT2D eigenvalue weighted by atomic mass is 10.2. The summed E-state index contributed by atoms with van der Waals surface area (Å²) in [7, 11) is 0. The monoisotopic (exact) mass is 431 g/mol. The number of thiazole rings is 1. The topological polar surface area (TPSA) is 39.2 Å². The summed E-state index contributed by atoms with van der Waals surface area (Å²) in [6.07, 6.45) is -12.1. The molecule has 1 aliphatic heterocycles. The first-order valence-corrected chi connectivity index (χ1v) is 8.93. The summed E-state index contributed by atoms with van der Waals surface area (Å²) in [5.41, 5.74) is 0.656. The number of ether oxygens (including phenoxy) is 1. The number of benzene rings is 1. The highest BCUT2D eigenvalue weighted by Crippen LogP contribution is 2.58. The van der Waals surface area contributed by atoms with E-state index in [4.69, 9.17) is 0 Å². The minimum atomic E-state index is -5.82. The smallest absolute Gasteiger partial charge is 0.428 e. The molecule has 0 radical (unpaired) electrons. The fraction of sp³-hybridized carbons (Fsp3) is 0.333. The van der Waals surface area contributed by atoms with Crippen LogP contribution in [0, 0.1) is 5.82 Å². The van der Waals surface area contributed by atoms with Crippen LogP contribution in [0.2, 0.25) is 0 Å². The number of carbonyl (C=O) groups is 1. The number of hydrogen-bond acceptors (Lipinski definition) is 5. The van der Waals surface area contributed by atoms with Crippen LogP contribution in [-0.4, -0.2) is 33.5 Å². The molecule has 1 atom stereocenters. The normalized spacial score (nSPS) is 20.0. The maximum Gasteiger partial charge on any atom is 0.448 e. The van der Waals surface area contributed by atoms with E-state index in [1.54, 1.807) is 0 Å². The first-order chi connectivity index (χ1) is 12.4. The van der Waals surface area contributed by atoms with E-state index in [9.17, 15) is 35.5 Å². The molecule has 0 N–H and O–H groups in total. The predicted octanol–water partition coefficient (Wildman–Crippen LogP) is 4.97. The summed E-state index contributed by atoms with van der Waals surface area (Å²) >= 11 is 0.440. The van der Waals surface area contributed by atoms with Gasteiger partial charge in [-0.15, -0.1) is 11.3 Å². The highest BCUT2D eigenvalue weighted by atomic mass is 32.2. The van der Waals surface area contributed by atoms with Gasteiger partial charge in [0.15, 0.2) is 0 Å². The molecule has 0 amide bonds. The van der Waals surface area contributed by atoms with Crippen molar-refractivity contribution < 1.29 is 40.3 Å². The number of aromatic nitrogens is 1. The van der Waals surface area contributed by atoms with Crippen molar-refractivity contribution in [3.63, 3.8) is 0 Å². The van der Waals surface area contributed by atoms with Crippen LogP contribution in [0.5, 0.6) is 0 Å². The van der Waals surface area contributed by atoms with Crippen molar-refractivity contribution >= 4 is 29.1 Å². The van der Waals surface area contributed by atoms with Gasteiger partial charge in [-0.05, 0) is 24.3 Å². The summed E-state index contributed by atoms with van der Waals surface area (Å²) < 4.78 is 94.7. The largest absolute Gasteiger partial charge is 0.448 e. The van der Waals surface area contributed by atoms with Crippen LogP contribution in [0.25, 0.3) is 10.6 Å². The Bertz CT molecular complexity index is 831. The standard InChI is InChI=1S/C15H8F7NO2S2/c16-8-3-1-7(2-4-8)11-23-9(6-26-11)5-10-12(24)25-13(27-10,14(17,18)19)15(20,21)22/h1-4,6,10H,5H2. The molecule has 146 valence electrons. The molecule has 0 aliphatic carbocycles. The third-order valence-corrected chi connectivity index (χ3v) is 6.06. The molecule has 2 aromatic rings. The molecule has 3 nitrogen and oxygen atoms in total. The molecule has 0 saturated carbocycles. The minimum absolute atomic E-state index is 0.133.